The van der Waals surface area contributed by atoms with Crippen LogP contribution in [0.4, 0.5) is 0 Å². The van der Waals surface area contributed by atoms with Crippen molar-refractivity contribution in [1.82, 2.24) is 0 Å². The smallest absolute Gasteiger partial charge is 0.0195 e. The lowest BCUT2D eigenvalue weighted by atomic mass is 9.73. The second-order valence-corrected chi connectivity index (χ2v) is 4.81. The number of nitrogens with two attached hydrogens (primary N) is 1. The Morgan fingerprint density at radius 1 is 1.21 bits per heavy atom. The summed E-state index contributed by atoms with van der Waals surface area (Å²) in [6.45, 7) is 4.32. The molecule has 0 amide bonds. The zero-order valence-electron chi connectivity index (χ0n) is 9.14. The fraction of sp³-hybridized carbons (Fsp3) is 0.538. The van der Waals surface area contributed by atoms with E-state index in [0.717, 1.165) is 6.42 Å². The maximum absolute atomic E-state index is 6.22. The molecule has 76 valence electrons. The number of aryl methyl sites for hydroxylation is 2. The van der Waals surface area contributed by atoms with Gasteiger partial charge in [0.1, 0.15) is 0 Å². The standard InChI is InChI=1S/C13H19N/c1-10-4-5-12(8-11(10)2)9-13(14)6-3-7-13/h4-5,8H,3,6-7,9,14H2,1-2H3. The molecule has 0 bridgehead atoms. The summed E-state index contributed by atoms with van der Waals surface area (Å²) in [4.78, 5) is 0. The molecule has 0 atom stereocenters. The Hall–Kier alpha value is -0.820. The highest BCUT2D eigenvalue weighted by Gasteiger charge is 2.32. The van der Waals surface area contributed by atoms with Gasteiger partial charge in [0.05, 0.1) is 0 Å². The first-order chi connectivity index (χ1) is 6.59. The van der Waals surface area contributed by atoms with Gasteiger partial charge in [-0.05, 0) is 56.2 Å². The van der Waals surface area contributed by atoms with E-state index in [0.29, 0.717) is 0 Å². The summed E-state index contributed by atoms with van der Waals surface area (Å²) in [5.41, 5.74) is 10.5. The van der Waals surface area contributed by atoms with Crippen LogP contribution in [0.25, 0.3) is 0 Å². The average Bonchev–Trinajstić information content (AvgIpc) is 2.09. The largest absolute Gasteiger partial charge is 0.325 e. The van der Waals surface area contributed by atoms with Crippen LogP contribution < -0.4 is 5.73 Å². The van der Waals surface area contributed by atoms with E-state index in [4.69, 9.17) is 5.73 Å². The minimum atomic E-state index is 0.113. The Labute approximate surface area is 86.3 Å². The molecule has 1 aliphatic carbocycles. The SMILES string of the molecule is Cc1ccc(CC2(N)CCC2)cc1C. The van der Waals surface area contributed by atoms with Gasteiger partial charge in [0.2, 0.25) is 0 Å². The third-order valence-electron chi connectivity index (χ3n) is 3.48. The molecule has 1 aromatic rings. The molecule has 0 saturated heterocycles. The van der Waals surface area contributed by atoms with Crippen molar-refractivity contribution in [2.24, 2.45) is 5.73 Å². The summed E-state index contributed by atoms with van der Waals surface area (Å²) >= 11 is 0. The summed E-state index contributed by atoms with van der Waals surface area (Å²) < 4.78 is 0. The first-order valence-corrected chi connectivity index (χ1v) is 5.44. The molecule has 0 spiro atoms. The van der Waals surface area contributed by atoms with Gasteiger partial charge < -0.3 is 5.73 Å². The van der Waals surface area contributed by atoms with Gasteiger partial charge >= 0.3 is 0 Å². The summed E-state index contributed by atoms with van der Waals surface area (Å²) in [5.74, 6) is 0. The Balaban J connectivity index is 2.13. The maximum Gasteiger partial charge on any atom is 0.0195 e. The van der Waals surface area contributed by atoms with Gasteiger partial charge in [-0.15, -0.1) is 0 Å². The Bertz CT molecular complexity index is 337. The minimum Gasteiger partial charge on any atom is -0.325 e. The van der Waals surface area contributed by atoms with Gasteiger partial charge in [-0.2, -0.15) is 0 Å². The normalized spacial score (nSPS) is 19.1. The van der Waals surface area contributed by atoms with E-state index in [1.165, 1.54) is 36.0 Å². The zero-order valence-corrected chi connectivity index (χ0v) is 9.14. The Morgan fingerprint density at radius 2 is 1.93 bits per heavy atom. The van der Waals surface area contributed by atoms with Crippen molar-refractivity contribution in [3.8, 4) is 0 Å². The highest BCUT2D eigenvalue weighted by molar-refractivity contribution is 5.31. The molecule has 0 aromatic heterocycles. The third-order valence-corrected chi connectivity index (χ3v) is 3.48. The Morgan fingerprint density at radius 3 is 2.43 bits per heavy atom. The summed E-state index contributed by atoms with van der Waals surface area (Å²) in [6, 6.07) is 6.70. The van der Waals surface area contributed by atoms with E-state index >= 15 is 0 Å². The van der Waals surface area contributed by atoms with Crippen molar-refractivity contribution >= 4 is 0 Å². The maximum atomic E-state index is 6.22. The molecular weight excluding hydrogens is 170 g/mol. The van der Waals surface area contributed by atoms with Crippen molar-refractivity contribution in [2.45, 2.75) is 45.1 Å². The molecule has 2 N–H and O–H groups in total. The number of hydrogen-bond donors (Lipinski definition) is 1. The van der Waals surface area contributed by atoms with Gasteiger partial charge in [-0.3, -0.25) is 0 Å². The molecule has 2 rings (SSSR count). The van der Waals surface area contributed by atoms with Crippen LogP contribution in [0.5, 0.6) is 0 Å². The van der Waals surface area contributed by atoms with Gasteiger partial charge in [-0.25, -0.2) is 0 Å². The lowest BCUT2D eigenvalue weighted by molar-refractivity contribution is 0.247. The summed E-state index contributed by atoms with van der Waals surface area (Å²) in [6.07, 6.45) is 4.75. The van der Waals surface area contributed by atoms with Crippen LogP contribution in [-0.2, 0) is 6.42 Å². The van der Waals surface area contributed by atoms with Crippen LogP contribution in [0.15, 0.2) is 18.2 Å². The predicted octanol–water partition coefficient (Wildman–Crippen LogP) is 2.73. The molecule has 0 unspecified atom stereocenters. The number of rotatable bonds is 2. The van der Waals surface area contributed by atoms with Crippen LogP contribution in [0.1, 0.15) is 36.0 Å². The molecule has 1 aliphatic rings. The number of benzene rings is 1. The molecule has 0 heterocycles. The molecule has 1 aromatic carbocycles. The van der Waals surface area contributed by atoms with E-state index in [9.17, 15) is 0 Å². The van der Waals surface area contributed by atoms with Gasteiger partial charge in [0.15, 0.2) is 0 Å². The van der Waals surface area contributed by atoms with Crippen LogP contribution in [0.2, 0.25) is 0 Å². The minimum absolute atomic E-state index is 0.113. The van der Waals surface area contributed by atoms with E-state index in [1.54, 1.807) is 0 Å². The van der Waals surface area contributed by atoms with E-state index in [1.807, 2.05) is 0 Å². The van der Waals surface area contributed by atoms with Crippen molar-refractivity contribution in [1.29, 1.82) is 0 Å². The van der Waals surface area contributed by atoms with Crippen molar-refractivity contribution in [3.63, 3.8) is 0 Å². The van der Waals surface area contributed by atoms with Crippen molar-refractivity contribution < 1.29 is 0 Å². The number of hydrogen-bond acceptors (Lipinski definition) is 1. The van der Waals surface area contributed by atoms with Gasteiger partial charge in [0.25, 0.3) is 0 Å². The molecular formula is C13H19N. The molecule has 1 fully saturated rings. The first kappa shape index (κ1) is 9.72. The quantitative estimate of drug-likeness (QED) is 0.760. The van der Waals surface area contributed by atoms with E-state index in [2.05, 4.69) is 32.0 Å². The van der Waals surface area contributed by atoms with Gasteiger partial charge in [-0.1, -0.05) is 18.2 Å². The molecule has 1 heteroatoms. The first-order valence-electron chi connectivity index (χ1n) is 5.44. The van der Waals surface area contributed by atoms with E-state index < -0.39 is 0 Å². The van der Waals surface area contributed by atoms with E-state index in [-0.39, 0.29) is 5.54 Å². The Kier molecular flexibility index (Phi) is 2.36. The second kappa shape index (κ2) is 3.39. The van der Waals surface area contributed by atoms with Crippen LogP contribution in [-0.4, -0.2) is 5.54 Å². The monoisotopic (exact) mass is 189 g/mol. The van der Waals surface area contributed by atoms with Crippen molar-refractivity contribution in [3.05, 3.63) is 34.9 Å². The van der Waals surface area contributed by atoms with Crippen LogP contribution >= 0.6 is 0 Å². The van der Waals surface area contributed by atoms with Crippen LogP contribution in [0, 0.1) is 13.8 Å². The fourth-order valence-electron chi connectivity index (χ4n) is 2.13. The molecule has 0 aliphatic heterocycles. The third kappa shape index (κ3) is 1.83. The summed E-state index contributed by atoms with van der Waals surface area (Å²) in [5, 5.41) is 0. The lowest BCUT2D eigenvalue weighted by Gasteiger charge is -2.38. The van der Waals surface area contributed by atoms with Crippen molar-refractivity contribution in [2.75, 3.05) is 0 Å². The molecule has 0 radical (unpaired) electrons. The highest BCUT2D eigenvalue weighted by Crippen LogP contribution is 2.32. The molecule has 1 nitrogen and oxygen atoms in total. The van der Waals surface area contributed by atoms with Crippen LogP contribution in [0.3, 0.4) is 0 Å². The predicted molar refractivity (Wildman–Crippen MR) is 60.4 cm³/mol. The topological polar surface area (TPSA) is 26.0 Å². The zero-order chi connectivity index (χ0) is 10.2. The molecule has 14 heavy (non-hydrogen) atoms. The fourth-order valence-corrected chi connectivity index (χ4v) is 2.13. The molecule has 1 saturated carbocycles. The second-order valence-electron chi connectivity index (χ2n) is 4.81. The highest BCUT2D eigenvalue weighted by atomic mass is 14.8. The summed E-state index contributed by atoms with van der Waals surface area (Å²) in [7, 11) is 0. The lowest BCUT2D eigenvalue weighted by Crippen LogP contribution is -2.48. The van der Waals surface area contributed by atoms with Gasteiger partial charge in [0, 0.05) is 5.54 Å². The average molecular weight is 189 g/mol.